The summed E-state index contributed by atoms with van der Waals surface area (Å²) in [6, 6.07) is 8.84. The van der Waals surface area contributed by atoms with Gasteiger partial charge in [0.05, 0.1) is 19.1 Å². The van der Waals surface area contributed by atoms with Gasteiger partial charge in [0.2, 0.25) is 5.91 Å². The van der Waals surface area contributed by atoms with Crippen LogP contribution in [0.4, 0.5) is 0 Å². The predicted octanol–water partition coefficient (Wildman–Crippen LogP) is 2.26. The lowest BCUT2D eigenvalue weighted by molar-refractivity contribution is -0.126. The molecular formula is C19H25N3O3. The Labute approximate surface area is 148 Å². The van der Waals surface area contributed by atoms with E-state index in [1.54, 1.807) is 31.4 Å². The summed E-state index contributed by atoms with van der Waals surface area (Å²) in [7, 11) is 1.55. The van der Waals surface area contributed by atoms with Gasteiger partial charge in [0.15, 0.2) is 0 Å². The van der Waals surface area contributed by atoms with E-state index in [4.69, 9.17) is 10.00 Å². The summed E-state index contributed by atoms with van der Waals surface area (Å²) in [5.74, 6) is 0.177. The van der Waals surface area contributed by atoms with Crippen LogP contribution in [-0.2, 0) is 4.79 Å². The summed E-state index contributed by atoms with van der Waals surface area (Å²) in [6.07, 6.45) is 5.38. The maximum atomic E-state index is 12.4. The number of hydrogen-bond acceptors (Lipinski definition) is 4. The Balaban J connectivity index is 2.01. The van der Waals surface area contributed by atoms with Gasteiger partial charge >= 0.3 is 0 Å². The number of nitrogens with one attached hydrogen (secondary N) is 2. The van der Waals surface area contributed by atoms with E-state index in [1.165, 1.54) is 6.42 Å². The number of methoxy groups -OCH3 is 1. The molecule has 2 amide bonds. The number of nitrogens with zero attached hydrogens (tertiary/aromatic N) is 1. The summed E-state index contributed by atoms with van der Waals surface area (Å²) >= 11 is 0. The van der Waals surface area contributed by atoms with Crippen LogP contribution in [0.2, 0.25) is 0 Å². The summed E-state index contributed by atoms with van der Waals surface area (Å²) in [4.78, 5) is 24.8. The zero-order valence-corrected chi connectivity index (χ0v) is 14.6. The summed E-state index contributed by atoms with van der Waals surface area (Å²) < 4.78 is 5.13. The third-order valence-electron chi connectivity index (χ3n) is 4.71. The molecule has 1 unspecified atom stereocenters. The molecule has 2 rings (SSSR count). The van der Waals surface area contributed by atoms with Crippen LogP contribution in [-0.4, -0.2) is 32.0 Å². The molecule has 134 valence electrons. The van der Waals surface area contributed by atoms with Crippen molar-refractivity contribution in [3.63, 3.8) is 0 Å². The molecule has 0 saturated heterocycles. The molecule has 1 saturated carbocycles. The number of ether oxygens (including phenoxy) is 1. The Hall–Kier alpha value is -2.55. The molecule has 0 aliphatic heterocycles. The summed E-state index contributed by atoms with van der Waals surface area (Å²) in [5, 5.41) is 14.2. The minimum Gasteiger partial charge on any atom is -0.497 e. The smallest absolute Gasteiger partial charge is 0.251 e. The number of carbonyl (C=O) groups is 2. The number of benzene rings is 1. The summed E-state index contributed by atoms with van der Waals surface area (Å²) in [5.41, 5.74) is 0.499. The second-order valence-corrected chi connectivity index (χ2v) is 6.32. The van der Waals surface area contributed by atoms with Crippen molar-refractivity contribution in [3.05, 3.63) is 29.8 Å². The molecule has 1 atom stereocenters. The fourth-order valence-electron chi connectivity index (χ4n) is 3.34. The predicted molar refractivity (Wildman–Crippen MR) is 94.0 cm³/mol. The van der Waals surface area contributed by atoms with Gasteiger partial charge in [-0.1, -0.05) is 25.3 Å². The van der Waals surface area contributed by atoms with Gasteiger partial charge in [0, 0.05) is 12.1 Å². The van der Waals surface area contributed by atoms with E-state index in [1.807, 2.05) is 6.07 Å². The second kappa shape index (κ2) is 9.67. The van der Waals surface area contributed by atoms with Gasteiger partial charge in [0.25, 0.3) is 5.91 Å². The van der Waals surface area contributed by atoms with E-state index in [2.05, 4.69) is 10.6 Å². The van der Waals surface area contributed by atoms with Crippen molar-refractivity contribution in [2.45, 2.75) is 32.1 Å². The van der Waals surface area contributed by atoms with E-state index in [-0.39, 0.29) is 36.7 Å². The van der Waals surface area contributed by atoms with Gasteiger partial charge in [-0.05, 0) is 37.0 Å². The first-order chi connectivity index (χ1) is 12.2. The molecule has 1 fully saturated rings. The van der Waals surface area contributed by atoms with Crippen molar-refractivity contribution in [2.75, 3.05) is 20.2 Å². The average Bonchev–Trinajstić information content (AvgIpc) is 2.67. The van der Waals surface area contributed by atoms with E-state index in [0.717, 1.165) is 25.7 Å². The molecule has 1 aliphatic rings. The van der Waals surface area contributed by atoms with Crippen LogP contribution in [0.5, 0.6) is 5.75 Å². The molecule has 6 nitrogen and oxygen atoms in total. The Morgan fingerprint density at radius 3 is 2.72 bits per heavy atom. The van der Waals surface area contributed by atoms with Gasteiger partial charge in [0.1, 0.15) is 12.3 Å². The van der Waals surface area contributed by atoms with Crippen LogP contribution in [0.15, 0.2) is 24.3 Å². The molecule has 0 heterocycles. The third kappa shape index (κ3) is 5.49. The number of hydrogen-bond donors (Lipinski definition) is 2. The molecule has 0 radical (unpaired) electrons. The lowest BCUT2D eigenvalue weighted by Gasteiger charge is -2.29. The van der Waals surface area contributed by atoms with Crippen LogP contribution in [0, 0.1) is 23.2 Å². The minimum atomic E-state index is -0.303. The van der Waals surface area contributed by atoms with Crippen molar-refractivity contribution < 1.29 is 14.3 Å². The quantitative estimate of drug-likeness (QED) is 0.743. The van der Waals surface area contributed by atoms with Gasteiger partial charge in [-0.2, -0.15) is 5.26 Å². The average molecular weight is 343 g/mol. The van der Waals surface area contributed by atoms with Crippen molar-refractivity contribution in [1.82, 2.24) is 10.6 Å². The van der Waals surface area contributed by atoms with Crippen LogP contribution >= 0.6 is 0 Å². The first kappa shape index (κ1) is 18.8. The van der Waals surface area contributed by atoms with E-state index in [0.29, 0.717) is 11.3 Å². The van der Waals surface area contributed by atoms with Gasteiger partial charge < -0.3 is 15.4 Å². The molecule has 2 N–H and O–H groups in total. The van der Waals surface area contributed by atoms with Crippen molar-refractivity contribution in [3.8, 4) is 11.8 Å². The van der Waals surface area contributed by atoms with Crippen LogP contribution in [0.3, 0.4) is 0 Å². The van der Waals surface area contributed by atoms with Crippen molar-refractivity contribution in [1.29, 1.82) is 5.26 Å². The zero-order valence-electron chi connectivity index (χ0n) is 14.6. The monoisotopic (exact) mass is 343 g/mol. The Morgan fingerprint density at radius 1 is 1.28 bits per heavy atom. The maximum absolute atomic E-state index is 12.4. The van der Waals surface area contributed by atoms with E-state index < -0.39 is 0 Å². The molecular weight excluding hydrogens is 318 g/mol. The van der Waals surface area contributed by atoms with E-state index >= 15 is 0 Å². The fraction of sp³-hybridized carbons (Fsp3) is 0.526. The standard InChI is InChI=1S/C19H25N3O3/c1-25-16-9-5-8-15(12-16)18(23)22-13-17(19(24)21-11-10-20)14-6-3-2-4-7-14/h5,8-9,12,14,17H,2-4,6-7,11,13H2,1H3,(H,21,24)(H,22,23). The Bertz CT molecular complexity index is 633. The third-order valence-corrected chi connectivity index (χ3v) is 4.71. The highest BCUT2D eigenvalue weighted by atomic mass is 16.5. The lowest BCUT2D eigenvalue weighted by atomic mass is 9.79. The Morgan fingerprint density at radius 2 is 2.04 bits per heavy atom. The van der Waals surface area contributed by atoms with Crippen LogP contribution < -0.4 is 15.4 Å². The molecule has 1 aliphatic carbocycles. The van der Waals surface area contributed by atoms with Gasteiger partial charge in [-0.3, -0.25) is 9.59 Å². The van der Waals surface area contributed by atoms with E-state index in [9.17, 15) is 9.59 Å². The highest BCUT2D eigenvalue weighted by molar-refractivity contribution is 5.94. The van der Waals surface area contributed by atoms with Crippen molar-refractivity contribution >= 4 is 11.8 Å². The largest absolute Gasteiger partial charge is 0.497 e. The highest BCUT2D eigenvalue weighted by Gasteiger charge is 2.29. The number of amides is 2. The molecule has 0 spiro atoms. The number of rotatable bonds is 7. The van der Waals surface area contributed by atoms with Crippen LogP contribution in [0.1, 0.15) is 42.5 Å². The van der Waals surface area contributed by atoms with Gasteiger partial charge in [-0.15, -0.1) is 0 Å². The summed E-state index contributed by atoms with van der Waals surface area (Å²) in [6.45, 7) is 0.268. The molecule has 6 heteroatoms. The van der Waals surface area contributed by atoms with Gasteiger partial charge in [-0.25, -0.2) is 0 Å². The molecule has 0 aromatic heterocycles. The fourth-order valence-corrected chi connectivity index (χ4v) is 3.34. The first-order valence-corrected chi connectivity index (χ1v) is 8.72. The zero-order chi connectivity index (χ0) is 18.1. The molecule has 1 aromatic rings. The molecule has 0 bridgehead atoms. The first-order valence-electron chi connectivity index (χ1n) is 8.72. The lowest BCUT2D eigenvalue weighted by Crippen LogP contribution is -2.43. The second-order valence-electron chi connectivity index (χ2n) is 6.32. The normalized spacial score (nSPS) is 15.7. The molecule has 25 heavy (non-hydrogen) atoms. The van der Waals surface area contributed by atoms with Crippen molar-refractivity contribution in [2.24, 2.45) is 11.8 Å². The number of carbonyl (C=O) groups excluding carboxylic acids is 2. The Kier molecular flexibility index (Phi) is 7.27. The van der Waals surface area contributed by atoms with Crippen LogP contribution in [0.25, 0.3) is 0 Å². The SMILES string of the molecule is COc1cccc(C(=O)NCC(C(=O)NCC#N)C2CCCCC2)c1. The number of nitriles is 1. The topological polar surface area (TPSA) is 91.2 Å². The minimum absolute atomic E-state index is 0.00805. The maximum Gasteiger partial charge on any atom is 0.251 e. The highest BCUT2D eigenvalue weighted by Crippen LogP contribution is 2.30. The molecule has 1 aromatic carbocycles.